The van der Waals surface area contributed by atoms with Crippen molar-refractivity contribution >= 4 is 16.6 Å². The monoisotopic (exact) mass is 200 g/mol. The van der Waals surface area contributed by atoms with Gasteiger partial charge in [0.1, 0.15) is 0 Å². The van der Waals surface area contributed by atoms with Crippen molar-refractivity contribution < 1.29 is 4.74 Å². The molecule has 1 aliphatic rings. The second kappa shape index (κ2) is 5.39. The van der Waals surface area contributed by atoms with Crippen LogP contribution < -0.4 is 0 Å². The Morgan fingerprint density at radius 2 is 2.38 bits per heavy atom. The van der Waals surface area contributed by atoms with Gasteiger partial charge in [0.05, 0.1) is 19.0 Å². The summed E-state index contributed by atoms with van der Waals surface area (Å²) in [6, 6.07) is 0. The number of aliphatic imine (C=N–C) groups is 1. The van der Waals surface area contributed by atoms with E-state index >= 15 is 0 Å². The van der Waals surface area contributed by atoms with E-state index in [1.54, 1.807) is 0 Å². The van der Waals surface area contributed by atoms with Gasteiger partial charge < -0.3 is 9.64 Å². The van der Waals surface area contributed by atoms with Crippen LogP contribution in [0, 0.1) is 0 Å². The zero-order chi connectivity index (χ0) is 9.68. The van der Waals surface area contributed by atoms with E-state index in [1.165, 1.54) is 10.2 Å². The highest BCUT2D eigenvalue weighted by Crippen LogP contribution is 2.03. The highest BCUT2D eigenvalue weighted by molar-refractivity contribution is 6.12. The minimum Gasteiger partial charge on any atom is -0.379 e. The second-order valence-electron chi connectivity index (χ2n) is 3.82. The largest absolute Gasteiger partial charge is 0.379 e. The molecule has 0 N–H and O–H groups in total. The third-order valence-electron chi connectivity index (χ3n) is 2.27. The van der Waals surface area contributed by atoms with Crippen LogP contribution in [0.1, 0.15) is 20.3 Å². The first kappa shape index (κ1) is 10.7. The van der Waals surface area contributed by atoms with E-state index in [1.807, 2.05) is 6.34 Å². The Morgan fingerprint density at radius 1 is 1.62 bits per heavy atom. The minimum absolute atomic E-state index is 0.362. The summed E-state index contributed by atoms with van der Waals surface area (Å²) in [6.07, 6.45) is 3.50. The summed E-state index contributed by atoms with van der Waals surface area (Å²) in [5, 5.41) is 0. The van der Waals surface area contributed by atoms with Gasteiger partial charge in [-0.25, -0.2) is 0 Å². The predicted octanol–water partition coefficient (Wildman–Crippen LogP) is -0.163. The molecule has 0 saturated heterocycles. The summed E-state index contributed by atoms with van der Waals surface area (Å²) < 4.78 is 5.52. The van der Waals surface area contributed by atoms with Crippen LogP contribution >= 0.6 is 0 Å². The Morgan fingerprint density at radius 3 is 2.92 bits per heavy atom. The molecule has 0 saturated carbocycles. The lowest BCUT2D eigenvalue weighted by Crippen LogP contribution is -2.34. The fourth-order valence-electron chi connectivity index (χ4n) is 1.37. The van der Waals surface area contributed by atoms with Gasteiger partial charge in [0, 0.05) is 29.1 Å². The van der Waals surface area contributed by atoms with E-state index in [9.17, 15) is 0 Å². The molecule has 13 heavy (non-hydrogen) atoms. The molecule has 1 rings (SSSR count). The van der Waals surface area contributed by atoms with E-state index in [4.69, 9.17) is 4.74 Å². The van der Waals surface area contributed by atoms with Crippen LogP contribution in [-0.2, 0) is 4.74 Å². The number of nitrogens with zero attached hydrogens (tertiary/aromatic N) is 2. The summed E-state index contributed by atoms with van der Waals surface area (Å²) in [5.74, 6) is 0. The van der Waals surface area contributed by atoms with Crippen molar-refractivity contribution in [2.24, 2.45) is 4.99 Å². The first-order valence-corrected chi connectivity index (χ1v) is 6.23. The maximum atomic E-state index is 5.52. The first-order chi connectivity index (χ1) is 6.20. The molecule has 76 valence electrons. The number of rotatable bonds is 5. The molecule has 1 aliphatic heterocycles. The maximum Gasteiger partial charge on any atom is 0.0850 e. The molecule has 0 bridgehead atoms. The summed E-state index contributed by atoms with van der Waals surface area (Å²) in [7, 11) is 1.20. The fraction of sp³-hybridized carbons (Fsp3) is 0.889. The van der Waals surface area contributed by atoms with Crippen molar-refractivity contribution in [2.45, 2.75) is 32.0 Å². The summed E-state index contributed by atoms with van der Waals surface area (Å²) in [4.78, 5) is 6.55. The third kappa shape index (κ3) is 3.91. The lowest BCUT2D eigenvalue weighted by Gasteiger charge is -2.23. The molecule has 1 unspecified atom stereocenters. The molecule has 1 atom stereocenters. The third-order valence-corrected chi connectivity index (χ3v) is 3.51. The standard InChI is InChI=1S/C9H20N2OSi/c1-8(2)12-6-3-9(13)11-5-4-10-7-11/h7-9H,3-6H2,1-2,13H3. The van der Waals surface area contributed by atoms with Crippen LogP contribution in [0.25, 0.3) is 0 Å². The molecule has 0 fully saturated rings. The lowest BCUT2D eigenvalue weighted by molar-refractivity contribution is 0.0719. The van der Waals surface area contributed by atoms with Gasteiger partial charge >= 0.3 is 0 Å². The summed E-state index contributed by atoms with van der Waals surface area (Å²) in [5.41, 5.74) is 0.699. The number of hydrogen-bond donors (Lipinski definition) is 0. The van der Waals surface area contributed by atoms with Gasteiger partial charge in [0.2, 0.25) is 0 Å². The zero-order valence-electron chi connectivity index (χ0n) is 8.86. The molecule has 3 nitrogen and oxygen atoms in total. The molecule has 0 amide bonds. The van der Waals surface area contributed by atoms with Gasteiger partial charge in [-0.3, -0.25) is 4.99 Å². The van der Waals surface area contributed by atoms with E-state index in [-0.39, 0.29) is 0 Å². The topological polar surface area (TPSA) is 24.8 Å². The van der Waals surface area contributed by atoms with Crippen molar-refractivity contribution in [2.75, 3.05) is 19.7 Å². The van der Waals surface area contributed by atoms with Crippen molar-refractivity contribution in [3.05, 3.63) is 0 Å². The van der Waals surface area contributed by atoms with Gasteiger partial charge in [0.15, 0.2) is 0 Å². The Labute approximate surface area is 83.6 Å². The molecule has 0 radical (unpaired) electrons. The van der Waals surface area contributed by atoms with Crippen molar-refractivity contribution in [1.29, 1.82) is 0 Å². The predicted molar refractivity (Wildman–Crippen MR) is 59.5 cm³/mol. The lowest BCUT2D eigenvalue weighted by atomic mass is 10.4. The van der Waals surface area contributed by atoms with Crippen LogP contribution in [-0.4, -0.2) is 52.9 Å². The Hall–Kier alpha value is -0.353. The van der Waals surface area contributed by atoms with Crippen molar-refractivity contribution in [1.82, 2.24) is 4.90 Å². The molecular weight excluding hydrogens is 180 g/mol. The Bertz CT molecular complexity index is 173. The average Bonchev–Trinajstić information content (AvgIpc) is 2.55. The molecule has 0 aromatic rings. The fourth-order valence-corrected chi connectivity index (χ4v) is 2.00. The summed E-state index contributed by atoms with van der Waals surface area (Å²) >= 11 is 0. The van der Waals surface area contributed by atoms with Gasteiger partial charge in [-0.2, -0.15) is 0 Å². The Balaban J connectivity index is 2.10. The van der Waals surface area contributed by atoms with Crippen LogP contribution in [0.3, 0.4) is 0 Å². The smallest absolute Gasteiger partial charge is 0.0850 e. The minimum atomic E-state index is 0.362. The molecule has 4 heteroatoms. The molecule has 0 aromatic carbocycles. The average molecular weight is 200 g/mol. The zero-order valence-corrected chi connectivity index (χ0v) is 10.9. The van der Waals surface area contributed by atoms with E-state index in [0.29, 0.717) is 11.8 Å². The summed E-state index contributed by atoms with van der Waals surface area (Å²) in [6.45, 7) is 7.13. The van der Waals surface area contributed by atoms with Gasteiger partial charge in [0.25, 0.3) is 0 Å². The second-order valence-corrected chi connectivity index (χ2v) is 5.15. The van der Waals surface area contributed by atoms with E-state index in [2.05, 4.69) is 23.7 Å². The van der Waals surface area contributed by atoms with Crippen molar-refractivity contribution in [3.63, 3.8) is 0 Å². The SMILES string of the molecule is CC(C)OCCC([SiH3])N1C=NCC1. The van der Waals surface area contributed by atoms with Crippen molar-refractivity contribution in [3.8, 4) is 0 Å². The molecule has 0 spiro atoms. The van der Waals surface area contributed by atoms with Gasteiger partial charge in [-0.05, 0) is 20.3 Å². The normalized spacial score (nSPS) is 18.8. The van der Waals surface area contributed by atoms with Gasteiger partial charge in [-0.15, -0.1) is 0 Å². The Kier molecular flexibility index (Phi) is 4.45. The molecule has 0 aromatic heterocycles. The molecular formula is C9H20N2OSi. The van der Waals surface area contributed by atoms with Crippen LogP contribution in [0.15, 0.2) is 4.99 Å². The van der Waals surface area contributed by atoms with Crippen LogP contribution in [0.4, 0.5) is 0 Å². The maximum absolute atomic E-state index is 5.52. The highest BCUT2D eigenvalue weighted by Gasteiger charge is 2.12. The van der Waals surface area contributed by atoms with Crippen LogP contribution in [0.2, 0.25) is 0 Å². The highest BCUT2D eigenvalue weighted by atomic mass is 28.1. The van der Waals surface area contributed by atoms with E-state index in [0.717, 1.165) is 26.1 Å². The number of hydrogen-bond acceptors (Lipinski definition) is 3. The van der Waals surface area contributed by atoms with Gasteiger partial charge in [-0.1, -0.05) is 0 Å². The first-order valence-electron chi connectivity index (χ1n) is 5.07. The van der Waals surface area contributed by atoms with E-state index < -0.39 is 0 Å². The molecule has 0 aliphatic carbocycles. The quantitative estimate of drug-likeness (QED) is 0.576. The molecule has 1 heterocycles. The van der Waals surface area contributed by atoms with Crippen LogP contribution in [0.5, 0.6) is 0 Å². The number of ether oxygens (including phenoxy) is 1.